The Hall–Kier alpha value is -2.37. The van der Waals surface area contributed by atoms with Gasteiger partial charge in [-0.05, 0) is 18.4 Å². The monoisotopic (exact) mass is 304 g/mol. The smallest absolute Gasteiger partial charge is 0.321 e. The minimum absolute atomic E-state index is 0.0996. The van der Waals surface area contributed by atoms with Crippen molar-refractivity contribution in [3.8, 4) is 0 Å². The molecule has 22 heavy (non-hydrogen) atoms. The quantitative estimate of drug-likeness (QED) is 0.808. The summed E-state index contributed by atoms with van der Waals surface area (Å²) >= 11 is 0. The fraction of sp³-hybridized carbons (Fsp3) is 0.438. The summed E-state index contributed by atoms with van der Waals surface area (Å²) in [5.41, 5.74) is 0.812. The van der Waals surface area contributed by atoms with Crippen LogP contribution in [0.5, 0.6) is 0 Å². The van der Waals surface area contributed by atoms with Crippen LogP contribution in [0.3, 0.4) is 0 Å². The molecule has 1 aliphatic rings. The number of amides is 3. The second-order valence-corrected chi connectivity index (χ2v) is 5.33. The van der Waals surface area contributed by atoms with Crippen molar-refractivity contribution in [2.24, 2.45) is 0 Å². The Kier molecular flexibility index (Phi) is 5.94. The molecule has 0 aliphatic heterocycles. The van der Waals surface area contributed by atoms with Crippen molar-refractivity contribution in [3.63, 3.8) is 0 Å². The third-order valence-corrected chi connectivity index (χ3v) is 3.50. The first kappa shape index (κ1) is 16.0. The van der Waals surface area contributed by atoms with E-state index in [1.165, 1.54) is 0 Å². The highest BCUT2D eigenvalue weighted by molar-refractivity contribution is 5.95. The number of rotatable bonds is 5. The van der Waals surface area contributed by atoms with E-state index >= 15 is 0 Å². The van der Waals surface area contributed by atoms with Gasteiger partial charge in [0.15, 0.2) is 6.61 Å². The van der Waals surface area contributed by atoms with Gasteiger partial charge in [0.25, 0.3) is 5.91 Å². The summed E-state index contributed by atoms with van der Waals surface area (Å²) in [6.45, 7) is -0.455. The van der Waals surface area contributed by atoms with Gasteiger partial charge in [0.1, 0.15) is 0 Å². The van der Waals surface area contributed by atoms with Gasteiger partial charge in [0, 0.05) is 6.04 Å². The molecule has 0 radical (unpaired) electrons. The average molecular weight is 304 g/mol. The maximum atomic E-state index is 11.6. The Labute approximate surface area is 129 Å². The fourth-order valence-corrected chi connectivity index (χ4v) is 2.41. The van der Waals surface area contributed by atoms with Crippen molar-refractivity contribution in [3.05, 3.63) is 35.9 Å². The molecule has 1 aromatic rings. The van der Waals surface area contributed by atoms with Crippen molar-refractivity contribution in [2.75, 3.05) is 6.61 Å². The Morgan fingerprint density at radius 1 is 1.09 bits per heavy atom. The predicted octanol–water partition coefficient (Wildman–Crippen LogP) is 1.54. The summed E-state index contributed by atoms with van der Waals surface area (Å²) in [5.74, 6) is -1.13. The molecular formula is C16H20N2O4. The molecule has 1 fully saturated rings. The Morgan fingerprint density at radius 2 is 1.77 bits per heavy atom. The number of hydrogen-bond acceptors (Lipinski definition) is 4. The van der Waals surface area contributed by atoms with Crippen LogP contribution in [-0.2, 0) is 20.7 Å². The van der Waals surface area contributed by atoms with Crippen LogP contribution in [0.4, 0.5) is 4.79 Å². The van der Waals surface area contributed by atoms with E-state index in [0.717, 1.165) is 31.2 Å². The number of hydrogen-bond donors (Lipinski definition) is 2. The summed E-state index contributed by atoms with van der Waals surface area (Å²) in [6, 6.07) is 8.70. The summed E-state index contributed by atoms with van der Waals surface area (Å²) in [6.07, 6.45) is 4.16. The second-order valence-electron chi connectivity index (χ2n) is 5.33. The molecule has 6 heteroatoms. The van der Waals surface area contributed by atoms with Crippen LogP contribution >= 0.6 is 0 Å². The summed E-state index contributed by atoms with van der Waals surface area (Å²) < 4.78 is 4.85. The number of benzene rings is 1. The maximum absolute atomic E-state index is 11.6. The van der Waals surface area contributed by atoms with Gasteiger partial charge in [-0.2, -0.15) is 0 Å². The Balaban J connectivity index is 1.64. The zero-order valence-electron chi connectivity index (χ0n) is 12.3. The summed E-state index contributed by atoms with van der Waals surface area (Å²) in [7, 11) is 0. The zero-order valence-corrected chi connectivity index (χ0v) is 12.3. The normalized spacial score (nSPS) is 14.4. The molecule has 0 aromatic heterocycles. The molecular weight excluding hydrogens is 284 g/mol. The van der Waals surface area contributed by atoms with Crippen LogP contribution in [0.15, 0.2) is 30.3 Å². The van der Waals surface area contributed by atoms with E-state index in [2.05, 4.69) is 10.6 Å². The van der Waals surface area contributed by atoms with Crippen LogP contribution in [0.2, 0.25) is 0 Å². The van der Waals surface area contributed by atoms with Crippen LogP contribution in [0.25, 0.3) is 0 Å². The van der Waals surface area contributed by atoms with E-state index in [0.29, 0.717) is 0 Å². The SMILES string of the molecule is O=C(COC(=O)Cc1ccccc1)NC(=O)NC1CCCC1. The molecule has 0 spiro atoms. The van der Waals surface area contributed by atoms with Gasteiger partial charge in [-0.1, -0.05) is 43.2 Å². The van der Waals surface area contributed by atoms with E-state index in [9.17, 15) is 14.4 Å². The number of ether oxygens (including phenoxy) is 1. The summed E-state index contributed by atoms with van der Waals surface area (Å²) in [4.78, 5) is 34.7. The lowest BCUT2D eigenvalue weighted by molar-refractivity contribution is -0.147. The first-order valence-corrected chi connectivity index (χ1v) is 7.43. The lowest BCUT2D eigenvalue weighted by Gasteiger charge is -2.12. The fourth-order valence-electron chi connectivity index (χ4n) is 2.41. The largest absolute Gasteiger partial charge is 0.455 e. The van der Waals surface area contributed by atoms with Gasteiger partial charge in [-0.25, -0.2) is 4.79 Å². The van der Waals surface area contributed by atoms with Gasteiger partial charge < -0.3 is 10.1 Å². The van der Waals surface area contributed by atoms with Crippen LogP contribution in [0, 0.1) is 0 Å². The van der Waals surface area contributed by atoms with Crippen molar-refractivity contribution in [1.29, 1.82) is 0 Å². The van der Waals surface area contributed by atoms with E-state index in [-0.39, 0.29) is 12.5 Å². The minimum Gasteiger partial charge on any atom is -0.455 e. The number of esters is 1. The van der Waals surface area contributed by atoms with Crippen molar-refractivity contribution in [2.45, 2.75) is 38.1 Å². The van der Waals surface area contributed by atoms with Crippen LogP contribution in [0.1, 0.15) is 31.2 Å². The van der Waals surface area contributed by atoms with E-state index in [1.54, 1.807) is 12.1 Å². The molecule has 0 heterocycles. The second kappa shape index (κ2) is 8.17. The van der Waals surface area contributed by atoms with E-state index in [4.69, 9.17) is 4.74 Å². The molecule has 0 saturated heterocycles. The number of carbonyl (C=O) groups is 3. The molecule has 0 atom stereocenters. The number of imide groups is 1. The third kappa shape index (κ3) is 5.55. The van der Waals surface area contributed by atoms with Crippen molar-refractivity contribution in [1.82, 2.24) is 10.6 Å². The molecule has 1 aromatic carbocycles. The molecule has 6 nitrogen and oxygen atoms in total. The number of urea groups is 1. The first-order chi connectivity index (χ1) is 10.6. The molecule has 2 N–H and O–H groups in total. The average Bonchev–Trinajstić information content (AvgIpc) is 2.99. The van der Waals surface area contributed by atoms with Gasteiger partial charge in [-0.15, -0.1) is 0 Å². The number of nitrogens with one attached hydrogen (secondary N) is 2. The van der Waals surface area contributed by atoms with Crippen LogP contribution in [-0.4, -0.2) is 30.6 Å². The first-order valence-electron chi connectivity index (χ1n) is 7.43. The van der Waals surface area contributed by atoms with Gasteiger partial charge in [-0.3, -0.25) is 14.9 Å². The summed E-state index contributed by atoms with van der Waals surface area (Å²) in [5, 5.41) is 4.89. The van der Waals surface area contributed by atoms with Crippen molar-refractivity contribution < 1.29 is 19.1 Å². The molecule has 118 valence electrons. The molecule has 0 unspecified atom stereocenters. The van der Waals surface area contributed by atoms with Gasteiger partial charge >= 0.3 is 12.0 Å². The lowest BCUT2D eigenvalue weighted by atomic mass is 10.2. The highest BCUT2D eigenvalue weighted by Gasteiger charge is 2.18. The van der Waals surface area contributed by atoms with Crippen molar-refractivity contribution >= 4 is 17.9 Å². The Morgan fingerprint density at radius 3 is 2.45 bits per heavy atom. The third-order valence-electron chi connectivity index (χ3n) is 3.50. The van der Waals surface area contributed by atoms with Crippen LogP contribution < -0.4 is 10.6 Å². The standard InChI is InChI=1S/C16H20N2O4/c19-14(18-16(21)17-13-8-4-5-9-13)11-22-15(20)10-12-6-2-1-3-7-12/h1-3,6-7,13H,4-5,8-11H2,(H2,17,18,19,21). The highest BCUT2D eigenvalue weighted by Crippen LogP contribution is 2.17. The number of carbonyl (C=O) groups excluding carboxylic acids is 3. The predicted molar refractivity (Wildman–Crippen MR) is 80.0 cm³/mol. The van der Waals surface area contributed by atoms with Gasteiger partial charge in [0.2, 0.25) is 0 Å². The Bertz CT molecular complexity index is 524. The molecule has 2 rings (SSSR count). The molecule has 1 saturated carbocycles. The topological polar surface area (TPSA) is 84.5 Å². The van der Waals surface area contributed by atoms with E-state index < -0.39 is 24.5 Å². The van der Waals surface area contributed by atoms with Gasteiger partial charge in [0.05, 0.1) is 6.42 Å². The lowest BCUT2D eigenvalue weighted by Crippen LogP contribution is -2.45. The van der Waals surface area contributed by atoms with E-state index in [1.807, 2.05) is 18.2 Å². The molecule has 1 aliphatic carbocycles. The maximum Gasteiger partial charge on any atom is 0.321 e. The molecule has 0 bridgehead atoms. The zero-order chi connectivity index (χ0) is 15.8. The molecule has 3 amide bonds. The minimum atomic E-state index is -0.628. The highest BCUT2D eigenvalue weighted by atomic mass is 16.5.